The molecule has 45 heavy (non-hydrogen) atoms. The minimum absolute atomic E-state index is 1.35. The summed E-state index contributed by atoms with van der Waals surface area (Å²) in [6.07, 6.45) is 14.0. The molecule has 0 aromatic carbocycles. The van der Waals surface area contributed by atoms with Crippen LogP contribution in [0.5, 0.6) is 0 Å². The molecule has 0 amide bonds. The van der Waals surface area contributed by atoms with Crippen molar-refractivity contribution in [3.8, 4) is 0 Å². The smallest absolute Gasteiger partial charge is 0.324 e. The first-order chi connectivity index (χ1) is 20.0. The molecule has 0 bridgehead atoms. The number of nitrogens with zero attached hydrogens (tertiary/aromatic N) is 1. The molecule has 0 aliphatic rings. The number of rotatable bonds is 18. The maximum absolute atomic E-state index is 12.5. The maximum Gasteiger partial charge on any atom is 0.501 e. The molecular weight excluding hydrogens is 719 g/mol. The third-order valence-corrected chi connectivity index (χ3v) is 19.2. The van der Waals surface area contributed by atoms with Crippen LogP contribution in [0.3, 0.4) is 0 Å². The largest absolute Gasteiger partial charge is 0.501 e. The Morgan fingerprint density at radius 3 is 0.889 bits per heavy atom. The van der Waals surface area contributed by atoms with Gasteiger partial charge < -0.3 is 4.48 Å². The van der Waals surface area contributed by atoms with E-state index in [2.05, 4.69) is 32.8 Å². The topological polar surface area (TPSA) is 163 Å². The Balaban J connectivity index is 0. The monoisotopic (exact) mass is 761 g/mol. The maximum atomic E-state index is 12.5. The molecule has 0 fully saturated rings. The van der Waals surface area contributed by atoms with Crippen molar-refractivity contribution in [3.63, 3.8) is 0 Å². The second kappa shape index (κ2) is 17.0. The normalized spacial score (nSPS) is 14.6. The fourth-order valence-corrected chi connectivity index (χ4v) is 14.9. The summed E-state index contributed by atoms with van der Waals surface area (Å²) < 4.78 is 196. The Labute approximate surface area is 259 Å². The van der Waals surface area contributed by atoms with Crippen LogP contribution in [0.1, 0.15) is 91.9 Å². The van der Waals surface area contributed by atoms with Gasteiger partial charge in [-0.2, -0.15) is 39.5 Å². The van der Waals surface area contributed by atoms with Crippen LogP contribution in [0, 0.1) is 0 Å². The number of primary sulfonamides is 1. The summed E-state index contributed by atoms with van der Waals surface area (Å²) in [4.78, 5) is 0. The van der Waals surface area contributed by atoms with Gasteiger partial charge in [-0.15, -0.1) is 0 Å². The van der Waals surface area contributed by atoms with E-state index < -0.39 is 58.8 Å². The number of hydrogen-bond donors (Lipinski definition) is 1. The first-order valence-corrected chi connectivity index (χ1v) is 19.8. The molecule has 0 rings (SSSR count). The quantitative estimate of drug-likeness (QED) is 0.109. The van der Waals surface area contributed by atoms with Crippen LogP contribution in [0.2, 0.25) is 0 Å². The molecule has 274 valence electrons. The number of sulfonamides is 1. The molecule has 0 aromatic rings. The van der Waals surface area contributed by atoms with E-state index in [1.165, 1.54) is 94.9 Å². The van der Waals surface area contributed by atoms with Gasteiger partial charge in [0.05, 0.1) is 26.2 Å². The molecule has 0 radical (unpaired) electrons. The summed E-state index contributed by atoms with van der Waals surface area (Å²) in [6, 6.07) is 0. The SMILES string of the molecule is CCCCCC[N+](CCCC)(CCCC)CCCC.NS(=O)(=O)C(S(=O)(=O)C(F)(F)F)(S(=O)(=O)C(F)(F)F)S(=O)(=O)C(F)(F)F. The first kappa shape index (κ1) is 46.2. The Morgan fingerprint density at radius 2 is 0.689 bits per heavy atom. The Morgan fingerprint density at radius 1 is 0.444 bits per heavy atom. The number of unbranched alkanes of at least 4 members (excludes halogenated alkanes) is 6. The minimum Gasteiger partial charge on any atom is -0.324 e. The number of hydrogen-bond acceptors (Lipinski definition) is 8. The van der Waals surface area contributed by atoms with E-state index in [9.17, 15) is 73.2 Å². The van der Waals surface area contributed by atoms with Gasteiger partial charge in [0.2, 0.25) is 0 Å². The predicted molar refractivity (Wildman–Crippen MR) is 149 cm³/mol. The fraction of sp³-hybridized carbons (Fsp3) is 1.00. The van der Waals surface area contributed by atoms with E-state index in [1.54, 1.807) is 0 Å². The second-order valence-corrected chi connectivity index (χ2v) is 19.7. The molecule has 0 aromatic heterocycles. The van der Waals surface area contributed by atoms with Crippen molar-refractivity contribution in [3.05, 3.63) is 0 Å². The summed E-state index contributed by atoms with van der Waals surface area (Å²) in [5.74, 6) is 0. The van der Waals surface area contributed by atoms with Crippen molar-refractivity contribution in [2.24, 2.45) is 5.14 Å². The van der Waals surface area contributed by atoms with Gasteiger partial charge in [0.1, 0.15) is 0 Å². The standard InChI is InChI=1S/C18H40N.C4H2F9NO8S4/c1-5-9-13-14-18-19(15-10-6-2,16-11-7-3)17-12-8-4;5-1(6,7)23(15,16)4(26(14,21)22,24(17,18)2(8,9)10)25(19,20)3(11,12)13/h5-18H2,1-4H3;(H2,14,21,22)/q+1;. The van der Waals surface area contributed by atoms with E-state index in [0.717, 1.165) is 0 Å². The summed E-state index contributed by atoms with van der Waals surface area (Å²) in [7, 11) is -34.5. The molecule has 23 heteroatoms. The Kier molecular flexibility index (Phi) is 17.4. The van der Waals surface area contributed by atoms with Crippen molar-refractivity contribution >= 4 is 39.5 Å². The van der Waals surface area contributed by atoms with Crippen LogP contribution in [-0.2, 0) is 39.5 Å². The van der Waals surface area contributed by atoms with Crippen molar-refractivity contribution < 1.29 is 77.7 Å². The van der Waals surface area contributed by atoms with Crippen LogP contribution >= 0.6 is 0 Å². The Bertz CT molecular complexity index is 1210. The number of nitrogens with two attached hydrogens (primary N) is 1. The highest BCUT2D eigenvalue weighted by Gasteiger charge is 2.89. The summed E-state index contributed by atoms with van der Waals surface area (Å²) in [5, 5.41) is 3.60. The third-order valence-electron chi connectivity index (χ3n) is 6.69. The van der Waals surface area contributed by atoms with Gasteiger partial charge >= 0.3 is 19.3 Å². The molecule has 2 N–H and O–H groups in total. The number of quaternary nitrogens is 1. The van der Waals surface area contributed by atoms with E-state index >= 15 is 0 Å². The average Bonchev–Trinajstić information content (AvgIpc) is 2.84. The lowest BCUT2D eigenvalue weighted by Crippen LogP contribution is -2.68. The van der Waals surface area contributed by atoms with Crippen LogP contribution < -0.4 is 5.14 Å². The van der Waals surface area contributed by atoms with E-state index in [-0.39, 0.29) is 0 Å². The van der Waals surface area contributed by atoms with Gasteiger partial charge in [0.25, 0.3) is 39.5 Å². The van der Waals surface area contributed by atoms with Gasteiger partial charge in [-0.25, -0.2) is 38.8 Å². The molecule has 10 nitrogen and oxygen atoms in total. The average molecular weight is 762 g/mol. The number of alkyl halides is 9. The van der Waals surface area contributed by atoms with Crippen LogP contribution in [0.4, 0.5) is 39.5 Å². The molecule has 0 aliphatic heterocycles. The molecule has 0 atom stereocenters. The second-order valence-electron chi connectivity index (χ2n) is 10.2. The van der Waals surface area contributed by atoms with Crippen LogP contribution in [0.25, 0.3) is 0 Å². The summed E-state index contributed by atoms with van der Waals surface area (Å²) in [5.41, 5.74) is -22.7. The zero-order chi connectivity index (χ0) is 36.4. The molecule has 0 saturated carbocycles. The lowest BCUT2D eigenvalue weighted by atomic mass is 10.1. The van der Waals surface area contributed by atoms with Gasteiger partial charge in [-0.3, -0.25) is 0 Å². The minimum atomic E-state index is -8.87. The van der Waals surface area contributed by atoms with E-state index in [0.29, 0.717) is 0 Å². The molecule has 0 unspecified atom stereocenters. The van der Waals surface area contributed by atoms with E-state index in [4.69, 9.17) is 0 Å². The summed E-state index contributed by atoms with van der Waals surface area (Å²) >= 11 is 0. The zero-order valence-corrected chi connectivity index (χ0v) is 28.5. The van der Waals surface area contributed by atoms with Crippen LogP contribution in [0.15, 0.2) is 0 Å². The molecule has 0 saturated heterocycles. The highest BCUT2D eigenvalue weighted by molar-refractivity contribution is 8.39. The number of sulfone groups is 3. The van der Waals surface area contributed by atoms with Crippen molar-refractivity contribution in [2.75, 3.05) is 26.2 Å². The van der Waals surface area contributed by atoms with Gasteiger partial charge in [-0.05, 0) is 32.1 Å². The van der Waals surface area contributed by atoms with Crippen molar-refractivity contribution in [1.29, 1.82) is 0 Å². The van der Waals surface area contributed by atoms with E-state index in [1.807, 2.05) is 0 Å². The molecule has 0 heterocycles. The molecule has 0 aliphatic carbocycles. The highest BCUT2D eigenvalue weighted by Crippen LogP contribution is 2.52. The van der Waals surface area contributed by atoms with Gasteiger partial charge in [0, 0.05) is 0 Å². The van der Waals surface area contributed by atoms with Crippen LogP contribution in [-0.4, -0.2) is 83.6 Å². The van der Waals surface area contributed by atoms with Gasteiger partial charge in [-0.1, -0.05) is 59.8 Å². The van der Waals surface area contributed by atoms with Gasteiger partial charge in [0.15, 0.2) is 0 Å². The lowest BCUT2D eigenvalue weighted by molar-refractivity contribution is -0.929. The summed E-state index contributed by atoms with van der Waals surface area (Å²) in [6.45, 7) is 15.1. The number of halogens is 9. The van der Waals surface area contributed by atoms with Crippen molar-refractivity contribution in [1.82, 2.24) is 0 Å². The van der Waals surface area contributed by atoms with Crippen molar-refractivity contribution in [2.45, 2.75) is 111 Å². The third kappa shape index (κ3) is 10.3. The molecule has 0 spiro atoms. The first-order valence-electron chi connectivity index (χ1n) is 13.8. The molecular formula is C22H42F9N2O8S4+. The Hall–Kier alpha value is -0.910. The highest BCUT2D eigenvalue weighted by atomic mass is 32.4. The lowest BCUT2D eigenvalue weighted by Gasteiger charge is -2.39. The predicted octanol–water partition coefficient (Wildman–Crippen LogP) is 5.47. The fourth-order valence-electron chi connectivity index (χ4n) is 4.34. The zero-order valence-electron chi connectivity index (χ0n) is 25.2.